The molecule has 0 heterocycles. The number of nitrogens with one attached hydrogen (secondary N) is 2. The van der Waals surface area contributed by atoms with E-state index in [1.165, 1.54) is 24.0 Å². The van der Waals surface area contributed by atoms with Crippen molar-refractivity contribution in [3.63, 3.8) is 0 Å². The molecule has 2 N–H and O–H groups in total. The summed E-state index contributed by atoms with van der Waals surface area (Å²) >= 11 is 0. The molecule has 1 atom stereocenters. The average molecular weight is 288 g/mol. The van der Waals surface area contributed by atoms with E-state index in [1.54, 1.807) is 0 Å². The van der Waals surface area contributed by atoms with Gasteiger partial charge in [0.05, 0.1) is 0 Å². The highest BCUT2D eigenvalue weighted by Crippen LogP contribution is 2.23. The van der Waals surface area contributed by atoms with Crippen molar-refractivity contribution in [2.75, 3.05) is 5.32 Å². The van der Waals surface area contributed by atoms with Gasteiger partial charge < -0.3 is 10.6 Å². The summed E-state index contributed by atoms with van der Waals surface area (Å²) in [4.78, 5) is 12.3. The van der Waals surface area contributed by atoms with Gasteiger partial charge >= 0.3 is 0 Å². The molecule has 0 radical (unpaired) electrons. The van der Waals surface area contributed by atoms with Crippen LogP contribution in [0.25, 0.3) is 0 Å². The van der Waals surface area contributed by atoms with Crippen LogP contribution in [0.2, 0.25) is 0 Å². The molecule has 0 aliphatic heterocycles. The van der Waals surface area contributed by atoms with Crippen LogP contribution in [0.15, 0.2) is 18.2 Å². The van der Waals surface area contributed by atoms with Crippen molar-refractivity contribution in [2.45, 2.75) is 65.5 Å². The minimum atomic E-state index is -0.202. The number of carbonyl (C=O) groups excluding carboxylic acids is 1. The molecule has 1 amide bonds. The van der Waals surface area contributed by atoms with Crippen LogP contribution in [-0.2, 0) is 4.79 Å². The fourth-order valence-electron chi connectivity index (χ4n) is 2.88. The fourth-order valence-corrected chi connectivity index (χ4v) is 2.88. The largest absolute Gasteiger partial charge is 0.374 e. The molecule has 1 aliphatic rings. The van der Waals surface area contributed by atoms with E-state index >= 15 is 0 Å². The summed E-state index contributed by atoms with van der Waals surface area (Å²) in [5, 5.41) is 6.48. The van der Waals surface area contributed by atoms with E-state index in [2.05, 4.69) is 43.5 Å². The van der Waals surface area contributed by atoms with Crippen molar-refractivity contribution in [1.82, 2.24) is 5.32 Å². The van der Waals surface area contributed by atoms with Gasteiger partial charge in [-0.3, -0.25) is 4.79 Å². The molecular formula is C18H28N2O. The summed E-state index contributed by atoms with van der Waals surface area (Å²) in [7, 11) is 0. The topological polar surface area (TPSA) is 41.1 Å². The maximum atomic E-state index is 12.3. The van der Waals surface area contributed by atoms with Gasteiger partial charge in [-0.1, -0.05) is 13.0 Å². The first-order chi connectivity index (χ1) is 9.95. The van der Waals surface area contributed by atoms with E-state index < -0.39 is 0 Å². The molecule has 1 aromatic rings. The van der Waals surface area contributed by atoms with Crippen molar-refractivity contribution in [3.8, 4) is 0 Å². The Morgan fingerprint density at radius 2 is 1.81 bits per heavy atom. The number of rotatable bonds is 4. The first-order valence-corrected chi connectivity index (χ1v) is 8.10. The smallest absolute Gasteiger partial charge is 0.242 e. The average Bonchev–Trinajstić information content (AvgIpc) is 2.45. The maximum Gasteiger partial charge on any atom is 0.242 e. The Kier molecular flexibility index (Phi) is 5.27. The third-order valence-electron chi connectivity index (χ3n) is 4.65. The van der Waals surface area contributed by atoms with E-state index in [4.69, 9.17) is 0 Å². The minimum absolute atomic E-state index is 0.104. The molecule has 21 heavy (non-hydrogen) atoms. The van der Waals surface area contributed by atoms with Gasteiger partial charge in [0.1, 0.15) is 6.04 Å². The molecule has 116 valence electrons. The predicted octanol–water partition coefficient (Wildman–Crippen LogP) is 3.80. The number of aryl methyl sites for hydroxylation is 2. The number of anilines is 1. The second-order valence-electron chi connectivity index (χ2n) is 6.63. The lowest BCUT2D eigenvalue weighted by molar-refractivity contribution is -0.122. The lowest BCUT2D eigenvalue weighted by Crippen LogP contribution is -2.44. The Morgan fingerprint density at radius 3 is 2.43 bits per heavy atom. The highest BCUT2D eigenvalue weighted by Gasteiger charge is 2.22. The van der Waals surface area contributed by atoms with Gasteiger partial charge in [0.15, 0.2) is 0 Å². The van der Waals surface area contributed by atoms with Crippen LogP contribution in [0, 0.1) is 19.8 Å². The SMILES string of the molecule is Cc1ccc(NC(C)C(=O)NC2CCC(C)CC2)cc1C. The van der Waals surface area contributed by atoms with Crippen LogP contribution in [-0.4, -0.2) is 18.0 Å². The zero-order chi connectivity index (χ0) is 15.4. The highest BCUT2D eigenvalue weighted by atomic mass is 16.2. The number of benzene rings is 1. The second-order valence-corrected chi connectivity index (χ2v) is 6.63. The van der Waals surface area contributed by atoms with E-state index in [0.29, 0.717) is 6.04 Å². The van der Waals surface area contributed by atoms with E-state index in [0.717, 1.165) is 24.4 Å². The van der Waals surface area contributed by atoms with Crippen molar-refractivity contribution >= 4 is 11.6 Å². The maximum absolute atomic E-state index is 12.3. The molecule has 0 aromatic heterocycles. The summed E-state index contributed by atoms with van der Waals surface area (Å²) in [6, 6.07) is 6.38. The number of hydrogen-bond acceptors (Lipinski definition) is 2. The molecule has 1 aliphatic carbocycles. The lowest BCUT2D eigenvalue weighted by atomic mass is 9.87. The number of hydrogen-bond donors (Lipinski definition) is 2. The first kappa shape index (κ1) is 15.9. The monoisotopic (exact) mass is 288 g/mol. The second kappa shape index (κ2) is 6.97. The van der Waals surface area contributed by atoms with Gasteiger partial charge in [-0.25, -0.2) is 0 Å². The quantitative estimate of drug-likeness (QED) is 0.885. The molecule has 2 rings (SSSR count). The summed E-state index contributed by atoms with van der Waals surface area (Å²) in [6.45, 7) is 8.41. The van der Waals surface area contributed by atoms with Crippen molar-refractivity contribution in [3.05, 3.63) is 29.3 Å². The van der Waals surface area contributed by atoms with E-state index in [-0.39, 0.29) is 11.9 Å². The molecular weight excluding hydrogens is 260 g/mol. The Balaban J connectivity index is 1.86. The molecule has 1 saturated carbocycles. The Bertz CT molecular complexity index is 490. The molecule has 1 unspecified atom stereocenters. The van der Waals surface area contributed by atoms with Crippen molar-refractivity contribution in [1.29, 1.82) is 0 Å². The Morgan fingerprint density at radius 1 is 1.14 bits per heavy atom. The van der Waals surface area contributed by atoms with Crippen LogP contribution in [0.4, 0.5) is 5.69 Å². The Labute approximate surface area is 128 Å². The predicted molar refractivity (Wildman–Crippen MR) is 88.6 cm³/mol. The van der Waals surface area contributed by atoms with Gasteiger partial charge in [0, 0.05) is 11.7 Å². The lowest BCUT2D eigenvalue weighted by Gasteiger charge is -2.28. The third kappa shape index (κ3) is 4.48. The summed E-state index contributed by atoms with van der Waals surface area (Å²) in [5.74, 6) is 0.914. The van der Waals surface area contributed by atoms with Gasteiger partial charge in [0.25, 0.3) is 0 Å². The molecule has 3 heteroatoms. The van der Waals surface area contributed by atoms with Crippen molar-refractivity contribution < 1.29 is 4.79 Å². The van der Waals surface area contributed by atoms with Crippen molar-refractivity contribution in [2.24, 2.45) is 5.92 Å². The van der Waals surface area contributed by atoms with Gasteiger partial charge in [-0.15, -0.1) is 0 Å². The molecule has 0 bridgehead atoms. The Hall–Kier alpha value is -1.51. The third-order valence-corrected chi connectivity index (χ3v) is 4.65. The number of amides is 1. The van der Waals surface area contributed by atoms with Gasteiger partial charge in [0.2, 0.25) is 5.91 Å². The van der Waals surface area contributed by atoms with E-state index in [9.17, 15) is 4.79 Å². The molecule has 1 aromatic carbocycles. The highest BCUT2D eigenvalue weighted by molar-refractivity contribution is 5.84. The standard InChI is InChI=1S/C18H28N2O/c1-12-5-8-16(9-6-12)20-18(21)15(4)19-17-10-7-13(2)14(3)11-17/h7,10-12,15-16,19H,5-6,8-9H2,1-4H3,(H,20,21). The van der Waals surface area contributed by atoms with Crippen LogP contribution in [0.1, 0.15) is 50.7 Å². The zero-order valence-electron chi connectivity index (χ0n) is 13.7. The first-order valence-electron chi connectivity index (χ1n) is 8.10. The van der Waals surface area contributed by atoms with Crippen LogP contribution in [0.5, 0.6) is 0 Å². The molecule has 1 fully saturated rings. The number of carbonyl (C=O) groups is 1. The molecule has 0 spiro atoms. The minimum Gasteiger partial charge on any atom is -0.374 e. The normalized spacial score (nSPS) is 23.4. The zero-order valence-corrected chi connectivity index (χ0v) is 13.7. The molecule has 0 saturated heterocycles. The fraction of sp³-hybridized carbons (Fsp3) is 0.611. The van der Waals surface area contributed by atoms with E-state index in [1.807, 2.05) is 13.0 Å². The van der Waals surface area contributed by atoms with Crippen LogP contribution >= 0.6 is 0 Å². The summed E-state index contributed by atoms with van der Waals surface area (Å²) < 4.78 is 0. The summed E-state index contributed by atoms with van der Waals surface area (Å²) in [6.07, 6.45) is 4.68. The van der Waals surface area contributed by atoms with Gasteiger partial charge in [-0.2, -0.15) is 0 Å². The summed E-state index contributed by atoms with van der Waals surface area (Å²) in [5.41, 5.74) is 3.53. The van der Waals surface area contributed by atoms with Gasteiger partial charge in [-0.05, 0) is 75.6 Å². The van der Waals surface area contributed by atoms with Crippen LogP contribution < -0.4 is 10.6 Å². The van der Waals surface area contributed by atoms with Crippen LogP contribution in [0.3, 0.4) is 0 Å². The molecule has 3 nitrogen and oxygen atoms in total.